The van der Waals surface area contributed by atoms with Gasteiger partial charge in [-0.05, 0) is 18.9 Å². The Hall–Kier alpha value is -2.18. The molecule has 2 rings (SSSR count). The summed E-state index contributed by atoms with van der Waals surface area (Å²) in [5.41, 5.74) is 0.334. The molecule has 1 fully saturated rings. The van der Waals surface area contributed by atoms with Crippen LogP contribution in [0.25, 0.3) is 0 Å². The van der Waals surface area contributed by atoms with Crippen LogP contribution in [0.3, 0.4) is 0 Å². The molecular weight excluding hydrogens is 362 g/mol. The Balaban J connectivity index is 2.09. The van der Waals surface area contributed by atoms with Crippen molar-refractivity contribution in [3.63, 3.8) is 0 Å². The average molecular weight is 389 g/mol. The number of aromatic nitrogens is 1. The zero-order valence-electron chi connectivity index (χ0n) is 17.2. The molecule has 11 nitrogen and oxygen atoms in total. The zero-order valence-corrected chi connectivity index (χ0v) is 14.2. The second-order valence-corrected chi connectivity index (χ2v) is 6.20. The smallest absolute Gasteiger partial charge is 0.335 e. The molecule has 0 aromatic carbocycles. The standard InChI is InChI=1S/C16H23N3O8/c1-18(17-26)6-3-5-10(20)9-4-2-7-19(8-9)15-13(23)11(21)12(22)14(27-15)16(24)25/h2,4,7-8,10-15,20-23H,3,5-6H2,1H3/p+1/i1D3. The van der Waals surface area contributed by atoms with E-state index in [-0.39, 0.29) is 19.4 Å². The third-order valence-electron chi connectivity index (χ3n) is 4.30. The summed E-state index contributed by atoms with van der Waals surface area (Å²) in [5, 5.41) is 52.2. The summed E-state index contributed by atoms with van der Waals surface area (Å²) in [6.45, 7) is -2.87. The van der Waals surface area contributed by atoms with Crippen LogP contribution in [0.15, 0.2) is 29.8 Å². The van der Waals surface area contributed by atoms with E-state index in [0.717, 1.165) is 0 Å². The molecule has 1 aliphatic rings. The molecule has 0 bridgehead atoms. The Morgan fingerprint density at radius 1 is 1.41 bits per heavy atom. The van der Waals surface area contributed by atoms with Gasteiger partial charge in [0.15, 0.2) is 24.6 Å². The predicted molar refractivity (Wildman–Crippen MR) is 88.8 cm³/mol. The molecule has 1 saturated heterocycles. The highest BCUT2D eigenvalue weighted by Crippen LogP contribution is 2.26. The van der Waals surface area contributed by atoms with Gasteiger partial charge in [-0.2, -0.15) is 4.57 Å². The van der Waals surface area contributed by atoms with Gasteiger partial charge in [0.1, 0.15) is 12.2 Å². The molecule has 11 heteroatoms. The molecule has 0 aliphatic carbocycles. The maximum Gasteiger partial charge on any atom is 0.335 e. The fraction of sp³-hybridized carbons (Fsp3) is 0.625. The summed E-state index contributed by atoms with van der Waals surface area (Å²) in [7, 11) is 0. The molecule has 1 aliphatic heterocycles. The molecule has 1 aromatic rings. The summed E-state index contributed by atoms with van der Waals surface area (Å²) in [5.74, 6) is -1.52. The lowest BCUT2D eigenvalue weighted by molar-refractivity contribution is -0.777. The van der Waals surface area contributed by atoms with Gasteiger partial charge in [0, 0.05) is 29.3 Å². The van der Waals surface area contributed by atoms with E-state index in [1.54, 1.807) is 0 Å². The fourth-order valence-corrected chi connectivity index (χ4v) is 2.82. The van der Waals surface area contributed by atoms with Crippen molar-refractivity contribution in [3.05, 3.63) is 35.0 Å². The quantitative estimate of drug-likeness (QED) is 0.201. The van der Waals surface area contributed by atoms with Crippen LogP contribution in [0.1, 0.15) is 34.8 Å². The van der Waals surface area contributed by atoms with Gasteiger partial charge in [0.05, 0.1) is 11.4 Å². The van der Waals surface area contributed by atoms with Crippen molar-refractivity contribution in [1.29, 1.82) is 0 Å². The summed E-state index contributed by atoms with van der Waals surface area (Å²) < 4.78 is 28.0. The maximum atomic E-state index is 11.2. The third-order valence-corrected chi connectivity index (χ3v) is 4.30. The Morgan fingerprint density at radius 3 is 2.78 bits per heavy atom. The highest BCUT2D eigenvalue weighted by molar-refractivity contribution is 5.73. The minimum atomic E-state index is -2.68. The number of aliphatic hydroxyl groups excluding tert-OH is 4. The number of pyridine rings is 1. The van der Waals surface area contributed by atoms with Crippen molar-refractivity contribution in [1.82, 2.24) is 5.01 Å². The summed E-state index contributed by atoms with van der Waals surface area (Å²) in [6, 6.07) is 3.03. The van der Waals surface area contributed by atoms with Gasteiger partial charge in [-0.3, -0.25) is 5.01 Å². The Labute approximate surface area is 159 Å². The summed E-state index contributed by atoms with van der Waals surface area (Å²) in [6.07, 6.45) is -6.43. The largest absolute Gasteiger partial charge is 0.479 e. The number of aliphatic carboxylic acids is 1. The lowest BCUT2D eigenvalue weighted by atomic mass is 9.97. The van der Waals surface area contributed by atoms with Gasteiger partial charge in [-0.15, -0.1) is 4.91 Å². The first kappa shape index (κ1) is 17.0. The van der Waals surface area contributed by atoms with E-state index in [2.05, 4.69) is 5.29 Å². The van der Waals surface area contributed by atoms with Crippen molar-refractivity contribution >= 4 is 5.97 Å². The second-order valence-electron chi connectivity index (χ2n) is 6.20. The molecule has 150 valence electrons. The third kappa shape index (κ3) is 4.96. The fourth-order valence-electron chi connectivity index (χ4n) is 2.82. The van der Waals surface area contributed by atoms with E-state index in [0.29, 0.717) is 10.6 Å². The number of ether oxygens (including phenoxy) is 1. The number of aliphatic hydroxyl groups is 4. The number of nitroso groups, excluding NO2 is 1. The number of carbonyl (C=O) groups is 1. The first-order valence-electron chi connectivity index (χ1n) is 9.69. The van der Waals surface area contributed by atoms with E-state index in [1.165, 1.54) is 29.1 Å². The van der Waals surface area contributed by atoms with Crippen LogP contribution in [-0.2, 0) is 9.53 Å². The molecule has 1 aromatic heterocycles. The highest BCUT2D eigenvalue weighted by Gasteiger charge is 2.51. The van der Waals surface area contributed by atoms with Gasteiger partial charge in [0.2, 0.25) is 0 Å². The van der Waals surface area contributed by atoms with Crippen molar-refractivity contribution in [2.75, 3.05) is 13.5 Å². The Kier molecular flexibility index (Phi) is 5.75. The number of carboxylic acid groups (broad SMARTS) is 1. The first-order valence-corrected chi connectivity index (χ1v) is 8.19. The molecular formula is C16H24N3O8+. The summed E-state index contributed by atoms with van der Waals surface area (Å²) in [4.78, 5) is 21.8. The monoisotopic (exact) mass is 389 g/mol. The molecule has 6 unspecified atom stereocenters. The Bertz CT molecular complexity index is 753. The SMILES string of the molecule is [2H]C([2H])([2H])N(CCCC(O)c1ccc[n+](C2OC(C(=O)O)C(O)C(O)C2O)c1)N=O. The van der Waals surface area contributed by atoms with E-state index in [4.69, 9.17) is 14.0 Å². The van der Waals surface area contributed by atoms with Crippen LogP contribution in [0.5, 0.6) is 0 Å². The summed E-state index contributed by atoms with van der Waals surface area (Å²) >= 11 is 0. The van der Waals surface area contributed by atoms with Crippen molar-refractivity contribution in [2.45, 2.75) is 49.6 Å². The van der Waals surface area contributed by atoms with E-state index in [9.17, 15) is 30.1 Å². The lowest BCUT2D eigenvalue weighted by Crippen LogP contribution is -2.63. The van der Waals surface area contributed by atoms with Crippen molar-refractivity contribution in [2.24, 2.45) is 5.29 Å². The highest BCUT2D eigenvalue weighted by atomic mass is 16.6. The minimum absolute atomic E-state index is 0.0826. The van der Waals surface area contributed by atoms with Gasteiger partial charge < -0.3 is 30.3 Å². The molecule has 27 heavy (non-hydrogen) atoms. The number of hydrogen-bond donors (Lipinski definition) is 5. The molecule has 5 N–H and O–H groups in total. The average Bonchev–Trinajstić information content (AvgIpc) is 2.68. The van der Waals surface area contributed by atoms with Crippen LogP contribution < -0.4 is 4.57 Å². The van der Waals surface area contributed by atoms with Crippen LogP contribution >= 0.6 is 0 Å². The van der Waals surface area contributed by atoms with E-state index in [1.807, 2.05) is 0 Å². The van der Waals surface area contributed by atoms with E-state index >= 15 is 0 Å². The van der Waals surface area contributed by atoms with E-state index < -0.39 is 49.7 Å². The number of hydrogen-bond acceptors (Lipinski definition) is 8. The van der Waals surface area contributed by atoms with Gasteiger partial charge in [0.25, 0.3) is 6.23 Å². The zero-order chi connectivity index (χ0) is 22.6. The number of carboxylic acids is 1. The number of nitrogens with zero attached hydrogens (tertiary/aromatic N) is 3. The lowest BCUT2D eigenvalue weighted by Gasteiger charge is -2.35. The minimum Gasteiger partial charge on any atom is -0.479 e. The maximum absolute atomic E-state index is 11.2. The topological polar surface area (TPSA) is 164 Å². The molecule has 2 heterocycles. The van der Waals surface area contributed by atoms with Crippen molar-refractivity contribution in [3.8, 4) is 0 Å². The molecule has 0 saturated carbocycles. The normalized spacial score (nSPS) is 31.3. The second kappa shape index (κ2) is 9.15. The van der Waals surface area contributed by atoms with Gasteiger partial charge >= 0.3 is 5.97 Å². The Morgan fingerprint density at radius 2 is 2.15 bits per heavy atom. The molecule has 0 spiro atoms. The predicted octanol–water partition coefficient (Wildman–Crippen LogP) is -1.53. The van der Waals surface area contributed by atoms with Gasteiger partial charge in [-0.1, -0.05) is 0 Å². The molecule has 0 radical (unpaired) electrons. The molecule has 0 amide bonds. The van der Waals surface area contributed by atoms with Crippen molar-refractivity contribution < 1.29 is 43.7 Å². The van der Waals surface area contributed by atoms with Crippen LogP contribution in [0, 0.1) is 4.91 Å². The van der Waals surface area contributed by atoms with Crippen LogP contribution in [0.2, 0.25) is 0 Å². The van der Waals surface area contributed by atoms with Crippen LogP contribution in [0.4, 0.5) is 0 Å². The number of rotatable bonds is 8. The van der Waals surface area contributed by atoms with Crippen LogP contribution in [-0.4, -0.2) is 74.4 Å². The first-order chi connectivity index (χ1) is 14.0. The van der Waals surface area contributed by atoms with Gasteiger partial charge in [-0.25, -0.2) is 4.79 Å². The molecule has 6 atom stereocenters.